The van der Waals surface area contributed by atoms with E-state index in [0.29, 0.717) is 0 Å². The Hall–Kier alpha value is -8.92. The molecule has 0 atom stereocenters. The SMILES string of the molecule is c1ccc(-c2ccc(N(c3ccc4ccc5c(c4c3)C3(c4ccccc4Oc4ccccc43)c3ccccc3-5)c3cccc4c3-c3ccccc3C43c4ccccc4Oc4ccccc43)cc2)cc1. The normalized spacial score (nSPS) is 14.3. The van der Waals surface area contributed by atoms with Gasteiger partial charge in [-0.15, -0.1) is 0 Å². The number of anilines is 3. The number of fused-ring (bicyclic) bond motifs is 20. The predicted molar refractivity (Wildman–Crippen MR) is 279 cm³/mol. The summed E-state index contributed by atoms with van der Waals surface area (Å²) >= 11 is 0. The molecule has 0 radical (unpaired) electrons. The lowest BCUT2D eigenvalue weighted by Crippen LogP contribution is -2.32. The topological polar surface area (TPSA) is 21.7 Å². The molecule has 2 heterocycles. The molecular weight excluding hydrogens is 839 g/mol. The highest BCUT2D eigenvalue weighted by atomic mass is 16.5. The molecule has 11 aromatic carbocycles. The van der Waals surface area contributed by atoms with Crippen molar-refractivity contribution in [1.82, 2.24) is 0 Å². The zero-order valence-electron chi connectivity index (χ0n) is 37.4. The van der Waals surface area contributed by atoms with Gasteiger partial charge in [0.15, 0.2) is 0 Å². The Kier molecular flexibility index (Phi) is 7.92. The Morgan fingerprint density at radius 1 is 0.304 bits per heavy atom. The molecule has 2 aliphatic carbocycles. The molecule has 15 rings (SSSR count). The number of para-hydroxylation sites is 4. The van der Waals surface area contributed by atoms with Crippen LogP contribution in [0.3, 0.4) is 0 Å². The predicted octanol–water partition coefficient (Wildman–Crippen LogP) is 16.9. The Morgan fingerprint density at radius 3 is 1.39 bits per heavy atom. The summed E-state index contributed by atoms with van der Waals surface area (Å²) in [4.78, 5) is 2.50. The molecule has 0 unspecified atom stereocenters. The molecule has 0 aromatic heterocycles. The molecule has 2 spiro atoms. The van der Waals surface area contributed by atoms with Crippen molar-refractivity contribution < 1.29 is 9.47 Å². The van der Waals surface area contributed by atoms with E-state index in [0.717, 1.165) is 62.3 Å². The van der Waals surface area contributed by atoms with Crippen LogP contribution in [0.1, 0.15) is 44.5 Å². The molecule has 322 valence electrons. The number of rotatable bonds is 4. The second-order valence-electron chi connectivity index (χ2n) is 18.6. The highest BCUT2D eigenvalue weighted by Crippen LogP contribution is 2.66. The second kappa shape index (κ2) is 14.3. The van der Waals surface area contributed by atoms with Gasteiger partial charge in [0.25, 0.3) is 0 Å². The third kappa shape index (κ3) is 5.06. The van der Waals surface area contributed by atoms with E-state index in [-0.39, 0.29) is 0 Å². The Balaban J connectivity index is 1.03. The zero-order valence-corrected chi connectivity index (χ0v) is 37.4. The molecule has 0 amide bonds. The van der Waals surface area contributed by atoms with Crippen molar-refractivity contribution in [2.75, 3.05) is 4.90 Å². The van der Waals surface area contributed by atoms with Crippen molar-refractivity contribution in [3.63, 3.8) is 0 Å². The van der Waals surface area contributed by atoms with Crippen LogP contribution in [0.4, 0.5) is 17.1 Å². The van der Waals surface area contributed by atoms with Crippen LogP contribution in [0.15, 0.2) is 249 Å². The van der Waals surface area contributed by atoms with E-state index in [1.807, 2.05) is 0 Å². The Labute approximate surface area is 400 Å². The maximum absolute atomic E-state index is 6.77. The summed E-state index contributed by atoms with van der Waals surface area (Å²) in [6.45, 7) is 0. The first-order valence-electron chi connectivity index (χ1n) is 23.8. The van der Waals surface area contributed by atoms with E-state index in [9.17, 15) is 0 Å². The summed E-state index contributed by atoms with van der Waals surface area (Å²) in [6.07, 6.45) is 0. The molecule has 0 saturated heterocycles. The summed E-state index contributed by atoms with van der Waals surface area (Å²) < 4.78 is 13.5. The molecule has 4 aliphatic rings. The van der Waals surface area contributed by atoms with Gasteiger partial charge in [0.2, 0.25) is 0 Å². The first kappa shape index (κ1) is 38.2. The molecule has 3 heteroatoms. The van der Waals surface area contributed by atoms with Gasteiger partial charge in [-0.2, -0.15) is 0 Å². The molecule has 3 nitrogen and oxygen atoms in total. The largest absolute Gasteiger partial charge is 0.457 e. The maximum Gasteiger partial charge on any atom is 0.132 e. The molecule has 0 bridgehead atoms. The maximum atomic E-state index is 6.77. The molecule has 69 heavy (non-hydrogen) atoms. The van der Waals surface area contributed by atoms with E-state index >= 15 is 0 Å². The van der Waals surface area contributed by atoms with E-state index in [4.69, 9.17) is 9.47 Å². The van der Waals surface area contributed by atoms with Gasteiger partial charge in [0, 0.05) is 39.2 Å². The standard InChI is InChI=1S/C66H41NO2/c1-2-17-42(18-3-1)43-33-37-45(38-34-43)67(58-28-16-27-57-63(58)49-20-5-7-22-52(49)65(57)53-23-8-12-29-59(53)68-60-30-13-9-24-54(60)65)46-39-35-44-36-40-48-47-19-4-6-21-51(47)66(64(48)50(44)41-46)55-25-10-14-31-61(55)69-62-32-15-11-26-56(62)66/h1-41H. The molecule has 2 aliphatic heterocycles. The molecule has 0 fully saturated rings. The fourth-order valence-electron chi connectivity index (χ4n) is 12.7. The van der Waals surface area contributed by atoms with E-state index in [1.165, 1.54) is 66.4 Å². The average molecular weight is 880 g/mol. The molecular formula is C66H41NO2. The van der Waals surface area contributed by atoms with E-state index in [2.05, 4.69) is 254 Å². The number of hydrogen-bond donors (Lipinski definition) is 0. The van der Waals surface area contributed by atoms with Gasteiger partial charge in [-0.1, -0.05) is 194 Å². The van der Waals surface area contributed by atoms with Crippen molar-refractivity contribution in [2.45, 2.75) is 10.8 Å². The van der Waals surface area contributed by atoms with E-state index in [1.54, 1.807) is 0 Å². The minimum atomic E-state index is -0.624. The van der Waals surface area contributed by atoms with Crippen LogP contribution in [0.25, 0.3) is 44.2 Å². The van der Waals surface area contributed by atoms with Crippen molar-refractivity contribution in [2.24, 2.45) is 0 Å². The van der Waals surface area contributed by atoms with Crippen LogP contribution < -0.4 is 14.4 Å². The van der Waals surface area contributed by atoms with Gasteiger partial charge < -0.3 is 14.4 Å². The number of hydrogen-bond acceptors (Lipinski definition) is 3. The van der Waals surface area contributed by atoms with Crippen molar-refractivity contribution >= 4 is 27.8 Å². The van der Waals surface area contributed by atoms with Crippen molar-refractivity contribution in [3.8, 4) is 56.4 Å². The van der Waals surface area contributed by atoms with Crippen LogP contribution in [0.2, 0.25) is 0 Å². The minimum Gasteiger partial charge on any atom is -0.457 e. The molecule has 0 saturated carbocycles. The fourth-order valence-corrected chi connectivity index (χ4v) is 12.7. The van der Waals surface area contributed by atoms with Crippen LogP contribution >= 0.6 is 0 Å². The lowest BCUT2D eigenvalue weighted by molar-refractivity contribution is 0.436. The van der Waals surface area contributed by atoms with Crippen LogP contribution in [0, 0.1) is 0 Å². The van der Waals surface area contributed by atoms with Crippen LogP contribution in [-0.2, 0) is 10.8 Å². The van der Waals surface area contributed by atoms with Crippen LogP contribution in [0.5, 0.6) is 23.0 Å². The van der Waals surface area contributed by atoms with Crippen molar-refractivity contribution in [3.05, 3.63) is 293 Å². The highest BCUT2D eigenvalue weighted by molar-refractivity contribution is 6.04. The quantitative estimate of drug-likeness (QED) is 0.176. The minimum absolute atomic E-state index is 0.609. The van der Waals surface area contributed by atoms with Gasteiger partial charge in [0.1, 0.15) is 23.0 Å². The van der Waals surface area contributed by atoms with Gasteiger partial charge in [-0.3, -0.25) is 0 Å². The fraction of sp³-hybridized carbons (Fsp3) is 0.0303. The average Bonchev–Trinajstić information content (AvgIpc) is 3.88. The summed E-state index contributed by atoms with van der Waals surface area (Å²) in [5, 5.41) is 2.39. The first-order chi connectivity index (χ1) is 34.2. The van der Waals surface area contributed by atoms with Gasteiger partial charge in [0.05, 0.1) is 16.5 Å². The second-order valence-corrected chi connectivity index (χ2v) is 18.6. The lowest BCUT2D eigenvalue weighted by atomic mass is 9.65. The van der Waals surface area contributed by atoms with E-state index < -0.39 is 10.8 Å². The summed E-state index contributed by atoms with van der Waals surface area (Å²) in [6, 6.07) is 91.0. The van der Waals surface area contributed by atoms with Gasteiger partial charge in [-0.25, -0.2) is 0 Å². The third-order valence-electron chi connectivity index (χ3n) is 15.4. The smallest absolute Gasteiger partial charge is 0.132 e. The molecule has 0 N–H and O–H groups in total. The lowest BCUT2D eigenvalue weighted by Gasteiger charge is -2.40. The highest BCUT2D eigenvalue weighted by Gasteiger charge is 2.53. The summed E-state index contributed by atoms with van der Waals surface area (Å²) in [5.41, 5.74) is 18.9. The number of benzene rings is 11. The van der Waals surface area contributed by atoms with Gasteiger partial charge >= 0.3 is 0 Å². The summed E-state index contributed by atoms with van der Waals surface area (Å²) in [5.74, 6) is 3.53. The Morgan fingerprint density at radius 2 is 0.768 bits per heavy atom. The van der Waals surface area contributed by atoms with Crippen molar-refractivity contribution in [1.29, 1.82) is 0 Å². The Bertz CT molecular complexity index is 3830. The van der Waals surface area contributed by atoms with Gasteiger partial charge in [-0.05, 0) is 115 Å². The van der Waals surface area contributed by atoms with Crippen LogP contribution in [-0.4, -0.2) is 0 Å². The summed E-state index contributed by atoms with van der Waals surface area (Å²) in [7, 11) is 0. The first-order valence-corrected chi connectivity index (χ1v) is 23.8. The third-order valence-corrected chi connectivity index (χ3v) is 15.4. The number of nitrogens with zero attached hydrogens (tertiary/aromatic N) is 1. The zero-order chi connectivity index (χ0) is 45.3. The molecule has 11 aromatic rings. The monoisotopic (exact) mass is 879 g/mol. The number of ether oxygens (including phenoxy) is 2.